The molecule has 52 valence electrons. The van der Waals surface area contributed by atoms with E-state index in [0.29, 0.717) is 0 Å². The van der Waals surface area contributed by atoms with Crippen LogP contribution in [0.3, 0.4) is 0 Å². The first-order valence-electron chi connectivity index (χ1n) is 2.88. The van der Waals surface area contributed by atoms with Crippen molar-refractivity contribution in [2.45, 2.75) is 0 Å². The van der Waals surface area contributed by atoms with Crippen molar-refractivity contribution in [3.63, 3.8) is 0 Å². The molecule has 0 atom stereocenters. The highest BCUT2D eigenvalue weighted by Gasteiger charge is 2.33. The molecule has 0 aromatic carbocycles. The minimum Gasteiger partial charge on any atom is -0.481 e. The van der Waals surface area contributed by atoms with E-state index in [1.807, 2.05) is 0 Å². The Morgan fingerprint density at radius 3 is 2.30 bits per heavy atom. The van der Waals surface area contributed by atoms with Gasteiger partial charge >= 0.3 is 5.97 Å². The molecule has 1 aliphatic heterocycles. The fraction of sp³-hybridized carbons (Fsp3) is 0.600. The molecule has 0 bridgehead atoms. The Morgan fingerprint density at radius 1 is 1.50 bits per heavy atom. The SMILES string of the molecule is [B]C(=O)N1CC(C(=O)O)C1. The van der Waals surface area contributed by atoms with Crippen LogP contribution in [0.1, 0.15) is 0 Å². The Bertz CT molecular complexity index is 158. The zero-order valence-corrected chi connectivity index (χ0v) is 5.28. The molecular weight excluding hydrogens is 133 g/mol. The Balaban J connectivity index is 2.31. The third-order valence-corrected chi connectivity index (χ3v) is 1.54. The summed E-state index contributed by atoms with van der Waals surface area (Å²) >= 11 is 0. The molecule has 1 amide bonds. The fourth-order valence-electron chi connectivity index (χ4n) is 0.815. The first kappa shape index (κ1) is 7.12. The molecule has 4 nitrogen and oxygen atoms in total. The largest absolute Gasteiger partial charge is 0.481 e. The van der Waals surface area contributed by atoms with Gasteiger partial charge in [-0.15, -0.1) is 0 Å². The predicted octanol–water partition coefficient (Wildman–Crippen LogP) is -0.709. The summed E-state index contributed by atoms with van der Waals surface area (Å²) < 4.78 is 0. The summed E-state index contributed by atoms with van der Waals surface area (Å²) in [5.74, 6) is -1.82. The molecule has 1 aliphatic rings. The van der Waals surface area contributed by atoms with E-state index in [2.05, 4.69) is 0 Å². The lowest BCUT2D eigenvalue weighted by molar-refractivity contribution is -0.145. The minimum absolute atomic E-state index is 0.255. The van der Waals surface area contributed by atoms with Crippen molar-refractivity contribution in [3.8, 4) is 0 Å². The van der Waals surface area contributed by atoms with Gasteiger partial charge < -0.3 is 10.0 Å². The molecule has 1 saturated heterocycles. The number of hydrogen-bond acceptors (Lipinski definition) is 2. The summed E-state index contributed by atoms with van der Waals surface area (Å²) in [5, 5.41) is 8.35. The van der Waals surface area contributed by atoms with Crippen molar-refractivity contribution >= 4 is 19.6 Å². The van der Waals surface area contributed by atoms with Gasteiger partial charge in [0.05, 0.1) is 5.92 Å². The molecule has 0 unspecified atom stereocenters. The van der Waals surface area contributed by atoms with Gasteiger partial charge in [-0.2, -0.15) is 0 Å². The predicted molar refractivity (Wildman–Crippen MR) is 33.8 cm³/mol. The van der Waals surface area contributed by atoms with E-state index in [1.165, 1.54) is 4.90 Å². The lowest BCUT2D eigenvalue weighted by atomic mass is 9.96. The third-order valence-electron chi connectivity index (χ3n) is 1.54. The van der Waals surface area contributed by atoms with Gasteiger partial charge in [0.2, 0.25) is 7.85 Å². The quantitative estimate of drug-likeness (QED) is 0.488. The smallest absolute Gasteiger partial charge is 0.310 e. The maximum atomic E-state index is 10.3. The van der Waals surface area contributed by atoms with Crippen LogP contribution in [0.2, 0.25) is 0 Å². The zero-order valence-electron chi connectivity index (χ0n) is 5.28. The van der Waals surface area contributed by atoms with Crippen LogP contribution < -0.4 is 0 Å². The summed E-state index contributed by atoms with van der Waals surface area (Å²) in [5.41, 5.74) is 0. The molecule has 0 aromatic rings. The van der Waals surface area contributed by atoms with Crippen molar-refractivity contribution in [2.75, 3.05) is 13.1 Å². The maximum Gasteiger partial charge on any atom is 0.310 e. The molecule has 1 rings (SSSR count). The number of rotatable bonds is 1. The Labute approximate surface area is 59.2 Å². The number of carboxylic acids is 1. The van der Waals surface area contributed by atoms with Crippen LogP contribution >= 0.6 is 0 Å². The summed E-state index contributed by atoms with van der Waals surface area (Å²) in [6.45, 7) is 0.509. The summed E-state index contributed by atoms with van der Waals surface area (Å²) in [7, 11) is 4.85. The molecular formula is C5H6BNO3. The van der Waals surface area contributed by atoms with E-state index in [9.17, 15) is 9.59 Å². The van der Waals surface area contributed by atoms with E-state index in [0.717, 1.165) is 0 Å². The highest BCUT2D eigenvalue weighted by Crippen LogP contribution is 2.14. The summed E-state index contributed by atoms with van der Waals surface area (Å²) in [6.07, 6.45) is 0. The average molecular weight is 139 g/mol. The second kappa shape index (κ2) is 2.32. The molecule has 1 fully saturated rings. The van der Waals surface area contributed by atoms with Crippen LogP contribution in [-0.4, -0.2) is 42.7 Å². The number of carbonyl (C=O) groups excluding carboxylic acids is 1. The number of carbonyl (C=O) groups is 2. The van der Waals surface area contributed by atoms with Crippen LogP contribution in [0.15, 0.2) is 0 Å². The number of likely N-dealkylation sites (tertiary alicyclic amines) is 1. The van der Waals surface area contributed by atoms with Crippen LogP contribution in [0.5, 0.6) is 0 Å². The highest BCUT2D eigenvalue weighted by molar-refractivity contribution is 6.57. The molecule has 0 aliphatic carbocycles. The fourth-order valence-corrected chi connectivity index (χ4v) is 0.815. The normalized spacial score (nSPS) is 18.2. The molecule has 1 heterocycles. The van der Waals surface area contributed by atoms with Gasteiger partial charge in [0.25, 0.3) is 0 Å². The van der Waals surface area contributed by atoms with Crippen molar-refractivity contribution in [1.29, 1.82) is 0 Å². The molecule has 10 heavy (non-hydrogen) atoms. The lowest BCUT2D eigenvalue weighted by Gasteiger charge is -2.36. The van der Waals surface area contributed by atoms with Crippen LogP contribution in [-0.2, 0) is 4.79 Å². The first-order chi connectivity index (χ1) is 4.61. The van der Waals surface area contributed by atoms with Crippen LogP contribution in [0.4, 0.5) is 4.79 Å². The van der Waals surface area contributed by atoms with Gasteiger partial charge in [0.1, 0.15) is 0 Å². The van der Waals surface area contributed by atoms with E-state index < -0.39 is 17.7 Å². The van der Waals surface area contributed by atoms with Crippen molar-refractivity contribution in [2.24, 2.45) is 5.92 Å². The maximum absolute atomic E-state index is 10.3. The Hall–Kier alpha value is -0.995. The zero-order chi connectivity index (χ0) is 7.72. The Morgan fingerprint density at radius 2 is 2.00 bits per heavy atom. The second-order valence-electron chi connectivity index (χ2n) is 2.28. The standard InChI is InChI=1S/C5H6BNO3/c6-5(10)7-1-3(2-7)4(8)9/h3H,1-2H2,(H,8,9). The van der Waals surface area contributed by atoms with Gasteiger partial charge in [-0.3, -0.25) is 9.59 Å². The van der Waals surface area contributed by atoms with Gasteiger partial charge in [-0.1, -0.05) is 0 Å². The van der Waals surface area contributed by atoms with E-state index >= 15 is 0 Å². The third kappa shape index (κ3) is 1.12. The van der Waals surface area contributed by atoms with Gasteiger partial charge in [0, 0.05) is 13.1 Å². The number of carboxylic acid groups (broad SMARTS) is 1. The topological polar surface area (TPSA) is 57.6 Å². The number of amides is 1. The monoisotopic (exact) mass is 139 g/mol. The van der Waals surface area contributed by atoms with Crippen LogP contribution in [0, 0.1) is 5.92 Å². The molecule has 2 radical (unpaired) electrons. The number of hydrogen-bond donors (Lipinski definition) is 1. The molecule has 1 N–H and O–H groups in total. The first-order valence-corrected chi connectivity index (χ1v) is 2.88. The molecule has 0 spiro atoms. The summed E-state index contributed by atoms with van der Waals surface area (Å²) in [4.78, 5) is 21.8. The highest BCUT2D eigenvalue weighted by atomic mass is 16.4. The number of nitrogens with zero attached hydrogens (tertiary/aromatic N) is 1. The summed E-state index contributed by atoms with van der Waals surface area (Å²) in [6, 6.07) is 0. The van der Waals surface area contributed by atoms with Gasteiger partial charge in [-0.05, 0) is 0 Å². The van der Waals surface area contributed by atoms with Crippen LogP contribution in [0.25, 0.3) is 0 Å². The number of aliphatic carboxylic acids is 1. The lowest BCUT2D eigenvalue weighted by Crippen LogP contribution is -2.52. The van der Waals surface area contributed by atoms with Gasteiger partial charge in [-0.25, -0.2) is 0 Å². The van der Waals surface area contributed by atoms with E-state index in [4.69, 9.17) is 13.0 Å². The molecule has 0 aromatic heterocycles. The van der Waals surface area contributed by atoms with E-state index in [-0.39, 0.29) is 13.1 Å². The van der Waals surface area contributed by atoms with E-state index in [1.54, 1.807) is 0 Å². The minimum atomic E-state index is -0.863. The average Bonchev–Trinajstić information content (AvgIpc) is 1.56. The van der Waals surface area contributed by atoms with Crippen molar-refractivity contribution < 1.29 is 14.7 Å². The second-order valence-corrected chi connectivity index (χ2v) is 2.28. The Kier molecular flexibility index (Phi) is 1.65. The van der Waals surface area contributed by atoms with Crippen molar-refractivity contribution in [3.05, 3.63) is 0 Å². The van der Waals surface area contributed by atoms with Crippen molar-refractivity contribution in [1.82, 2.24) is 4.90 Å². The molecule has 0 saturated carbocycles. The molecule has 5 heteroatoms. The van der Waals surface area contributed by atoms with Gasteiger partial charge in [0.15, 0.2) is 5.81 Å².